The zero-order valence-electron chi connectivity index (χ0n) is 12.2. The fraction of sp³-hybridized carbons (Fsp3) is 0.562. The third-order valence-corrected chi connectivity index (χ3v) is 3.93. The summed E-state index contributed by atoms with van der Waals surface area (Å²) < 4.78 is 0. The van der Waals surface area contributed by atoms with Crippen molar-refractivity contribution in [3.8, 4) is 0 Å². The van der Waals surface area contributed by atoms with Gasteiger partial charge in [-0.15, -0.1) is 0 Å². The average molecular weight is 276 g/mol. The van der Waals surface area contributed by atoms with E-state index in [0.29, 0.717) is 0 Å². The van der Waals surface area contributed by atoms with Crippen LogP contribution < -0.4 is 0 Å². The zero-order valence-corrected chi connectivity index (χ0v) is 12.2. The van der Waals surface area contributed by atoms with Gasteiger partial charge < -0.3 is 5.11 Å². The number of aryl methyl sites for hydroxylation is 1. The molecule has 1 aromatic rings. The van der Waals surface area contributed by atoms with Crippen LogP contribution >= 0.6 is 0 Å². The predicted octanol–water partition coefficient (Wildman–Crippen LogP) is 1.84. The van der Waals surface area contributed by atoms with Crippen LogP contribution in [0, 0.1) is 0 Å². The number of hydrogen-bond donors (Lipinski definition) is 1. The third kappa shape index (κ3) is 4.32. The quantitative estimate of drug-likeness (QED) is 0.891. The Labute approximate surface area is 121 Å². The van der Waals surface area contributed by atoms with E-state index < -0.39 is 5.97 Å². The van der Waals surface area contributed by atoms with Gasteiger partial charge in [-0.3, -0.25) is 14.6 Å². The molecule has 0 radical (unpaired) electrons. The van der Waals surface area contributed by atoms with Crippen LogP contribution in [0.2, 0.25) is 0 Å². The Morgan fingerprint density at radius 2 is 1.75 bits per heavy atom. The SMILES string of the molecule is CCc1ccccc1CN1CCCN(CC(=O)O)CC1. The van der Waals surface area contributed by atoms with E-state index in [4.69, 9.17) is 5.11 Å². The first kappa shape index (κ1) is 15.0. The van der Waals surface area contributed by atoms with Gasteiger partial charge in [0.15, 0.2) is 0 Å². The molecule has 0 amide bonds. The summed E-state index contributed by atoms with van der Waals surface area (Å²) in [6.45, 7) is 7.07. The molecule has 0 aromatic heterocycles. The maximum Gasteiger partial charge on any atom is 0.317 e. The second-order valence-electron chi connectivity index (χ2n) is 5.42. The van der Waals surface area contributed by atoms with Crippen LogP contribution in [0.3, 0.4) is 0 Å². The highest BCUT2D eigenvalue weighted by Gasteiger charge is 2.17. The lowest BCUT2D eigenvalue weighted by atomic mass is 10.0. The molecule has 1 aliphatic heterocycles. The van der Waals surface area contributed by atoms with Gasteiger partial charge in [0, 0.05) is 26.2 Å². The van der Waals surface area contributed by atoms with E-state index in [9.17, 15) is 4.79 Å². The summed E-state index contributed by atoms with van der Waals surface area (Å²) in [4.78, 5) is 15.3. The fourth-order valence-corrected chi connectivity index (χ4v) is 2.83. The molecule has 0 saturated carbocycles. The Morgan fingerprint density at radius 1 is 1.10 bits per heavy atom. The highest BCUT2D eigenvalue weighted by Crippen LogP contribution is 2.14. The van der Waals surface area contributed by atoms with Crippen molar-refractivity contribution >= 4 is 5.97 Å². The highest BCUT2D eigenvalue weighted by atomic mass is 16.4. The monoisotopic (exact) mass is 276 g/mol. The van der Waals surface area contributed by atoms with Crippen LogP contribution in [0.25, 0.3) is 0 Å². The highest BCUT2D eigenvalue weighted by molar-refractivity contribution is 5.69. The standard InChI is InChI=1S/C16H24N2O2/c1-2-14-6-3-4-7-15(14)12-17-8-5-9-18(11-10-17)13-16(19)20/h3-4,6-7H,2,5,8-13H2,1H3,(H,19,20). The summed E-state index contributed by atoms with van der Waals surface area (Å²) in [5.41, 5.74) is 2.82. The Hall–Kier alpha value is -1.39. The molecule has 0 unspecified atom stereocenters. The summed E-state index contributed by atoms with van der Waals surface area (Å²) in [5.74, 6) is -0.727. The molecule has 0 aliphatic carbocycles. The molecule has 1 saturated heterocycles. The van der Waals surface area contributed by atoms with Crippen LogP contribution in [0.1, 0.15) is 24.5 Å². The molecule has 0 bridgehead atoms. The van der Waals surface area contributed by atoms with Gasteiger partial charge >= 0.3 is 5.97 Å². The van der Waals surface area contributed by atoms with E-state index in [1.807, 2.05) is 4.90 Å². The minimum absolute atomic E-state index is 0.166. The summed E-state index contributed by atoms with van der Waals surface area (Å²) in [6.07, 6.45) is 2.11. The van der Waals surface area contributed by atoms with Crippen molar-refractivity contribution in [1.29, 1.82) is 0 Å². The lowest BCUT2D eigenvalue weighted by Crippen LogP contribution is -2.34. The minimum atomic E-state index is -0.727. The van der Waals surface area contributed by atoms with Crippen molar-refractivity contribution < 1.29 is 9.90 Å². The third-order valence-electron chi connectivity index (χ3n) is 3.93. The molecule has 0 spiro atoms. The number of carboxylic acid groups (broad SMARTS) is 1. The number of aliphatic carboxylic acids is 1. The predicted molar refractivity (Wildman–Crippen MR) is 79.8 cm³/mol. The first-order valence-corrected chi connectivity index (χ1v) is 7.42. The molecule has 1 N–H and O–H groups in total. The van der Waals surface area contributed by atoms with Gasteiger partial charge in [-0.05, 0) is 30.5 Å². The topological polar surface area (TPSA) is 43.8 Å². The number of hydrogen-bond acceptors (Lipinski definition) is 3. The van der Waals surface area contributed by atoms with E-state index in [1.165, 1.54) is 11.1 Å². The number of carboxylic acids is 1. The van der Waals surface area contributed by atoms with Crippen molar-refractivity contribution in [3.05, 3.63) is 35.4 Å². The lowest BCUT2D eigenvalue weighted by molar-refractivity contribution is -0.138. The molecule has 1 fully saturated rings. The maximum atomic E-state index is 10.8. The van der Waals surface area contributed by atoms with E-state index in [-0.39, 0.29) is 6.54 Å². The van der Waals surface area contributed by atoms with Crippen molar-refractivity contribution in [1.82, 2.24) is 9.80 Å². The summed E-state index contributed by atoms with van der Waals surface area (Å²) in [7, 11) is 0. The van der Waals surface area contributed by atoms with Crippen molar-refractivity contribution in [2.45, 2.75) is 26.3 Å². The van der Waals surface area contributed by atoms with E-state index >= 15 is 0 Å². The van der Waals surface area contributed by atoms with Gasteiger partial charge in [-0.2, -0.15) is 0 Å². The molecule has 0 atom stereocenters. The van der Waals surface area contributed by atoms with Gasteiger partial charge in [-0.25, -0.2) is 0 Å². The molecule has 1 aromatic carbocycles. The molecular weight excluding hydrogens is 252 g/mol. The second-order valence-corrected chi connectivity index (χ2v) is 5.42. The Balaban J connectivity index is 1.92. The number of benzene rings is 1. The minimum Gasteiger partial charge on any atom is -0.480 e. The number of rotatable bonds is 5. The number of nitrogens with zero attached hydrogens (tertiary/aromatic N) is 2. The molecule has 2 rings (SSSR count). The van der Waals surface area contributed by atoms with E-state index in [0.717, 1.165) is 45.6 Å². The van der Waals surface area contributed by atoms with Gasteiger partial charge in [0.1, 0.15) is 0 Å². The fourth-order valence-electron chi connectivity index (χ4n) is 2.83. The average Bonchev–Trinajstić information content (AvgIpc) is 2.64. The Kier molecular flexibility index (Phi) is 5.56. The summed E-state index contributed by atoms with van der Waals surface area (Å²) >= 11 is 0. The Bertz CT molecular complexity index is 448. The first-order chi connectivity index (χ1) is 9.69. The van der Waals surface area contributed by atoms with Crippen molar-refractivity contribution in [2.75, 3.05) is 32.7 Å². The summed E-state index contributed by atoms with van der Waals surface area (Å²) in [5, 5.41) is 8.87. The maximum absolute atomic E-state index is 10.8. The molecule has 4 heteroatoms. The lowest BCUT2D eigenvalue weighted by Gasteiger charge is -2.22. The van der Waals surface area contributed by atoms with Crippen LogP contribution in [0.15, 0.2) is 24.3 Å². The first-order valence-electron chi connectivity index (χ1n) is 7.42. The largest absolute Gasteiger partial charge is 0.480 e. The van der Waals surface area contributed by atoms with Crippen LogP contribution in [-0.4, -0.2) is 53.6 Å². The van der Waals surface area contributed by atoms with Crippen molar-refractivity contribution in [2.24, 2.45) is 0 Å². The van der Waals surface area contributed by atoms with Gasteiger partial charge in [0.05, 0.1) is 6.54 Å². The second kappa shape index (κ2) is 7.41. The Morgan fingerprint density at radius 3 is 2.45 bits per heavy atom. The van der Waals surface area contributed by atoms with Crippen LogP contribution in [0.5, 0.6) is 0 Å². The van der Waals surface area contributed by atoms with Crippen LogP contribution in [-0.2, 0) is 17.8 Å². The zero-order chi connectivity index (χ0) is 14.4. The van der Waals surface area contributed by atoms with Gasteiger partial charge in [0.25, 0.3) is 0 Å². The van der Waals surface area contributed by atoms with E-state index in [1.54, 1.807) is 0 Å². The number of carbonyl (C=O) groups is 1. The molecule has 1 heterocycles. The smallest absolute Gasteiger partial charge is 0.317 e. The van der Waals surface area contributed by atoms with E-state index in [2.05, 4.69) is 36.1 Å². The molecular formula is C16H24N2O2. The van der Waals surface area contributed by atoms with Gasteiger partial charge in [-0.1, -0.05) is 31.2 Å². The molecule has 1 aliphatic rings. The molecule has 110 valence electrons. The van der Waals surface area contributed by atoms with Crippen molar-refractivity contribution in [3.63, 3.8) is 0 Å². The van der Waals surface area contributed by atoms with Crippen LogP contribution in [0.4, 0.5) is 0 Å². The summed E-state index contributed by atoms with van der Waals surface area (Å²) in [6, 6.07) is 8.60. The molecule has 4 nitrogen and oxygen atoms in total. The molecule has 20 heavy (non-hydrogen) atoms. The normalized spacial score (nSPS) is 17.9. The van der Waals surface area contributed by atoms with Gasteiger partial charge in [0.2, 0.25) is 0 Å².